The summed E-state index contributed by atoms with van der Waals surface area (Å²) in [4.78, 5) is 0.233. The quantitative estimate of drug-likeness (QED) is 0.718. The largest absolute Gasteiger partial charge is 0.303 e. The smallest absolute Gasteiger partial charge is 0.261 e. The van der Waals surface area contributed by atoms with E-state index in [9.17, 15) is 8.42 Å². The number of anilines is 1. The van der Waals surface area contributed by atoms with E-state index in [4.69, 9.17) is 0 Å². The molecule has 0 spiro atoms. The second-order valence-electron chi connectivity index (χ2n) is 5.42. The molecule has 0 fully saturated rings. The molecule has 0 saturated heterocycles. The molecule has 0 aromatic heterocycles. The summed E-state index contributed by atoms with van der Waals surface area (Å²) in [6, 6.07) is 13.8. The lowest BCUT2D eigenvalue weighted by molar-refractivity contribution is 0.601. The second-order valence-corrected chi connectivity index (χ2v) is 7.10. The molecule has 0 amide bonds. The number of aryl methyl sites for hydroxylation is 1. The van der Waals surface area contributed by atoms with Crippen molar-refractivity contribution in [1.82, 2.24) is 5.32 Å². The molecule has 2 rings (SSSR count). The first-order chi connectivity index (χ1) is 11.5. The summed E-state index contributed by atoms with van der Waals surface area (Å²) in [5, 5.41) is 3.24. The van der Waals surface area contributed by atoms with Crippen molar-refractivity contribution >= 4 is 15.7 Å². The van der Waals surface area contributed by atoms with E-state index in [1.54, 1.807) is 48.6 Å². The third-order valence-corrected chi connectivity index (χ3v) is 4.97. The highest BCUT2D eigenvalue weighted by Gasteiger charge is 2.18. The Labute approximate surface area is 144 Å². The van der Waals surface area contributed by atoms with E-state index in [0.717, 1.165) is 11.1 Å². The van der Waals surface area contributed by atoms with Crippen LogP contribution in [0.1, 0.15) is 17.2 Å². The highest BCUT2D eigenvalue weighted by Crippen LogP contribution is 2.26. The third kappa shape index (κ3) is 4.34. The lowest BCUT2D eigenvalue weighted by atomic mass is 10.1. The van der Waals surface area contributed by atoms with Gasteiger partial charge in [-0.2, -0.15) is 0 Å². The molecule has 4 nitrogen and oxygen atoms in total. The van der Waals surface area contributed by atoms with E-state index in [0.29, 0.717) is 12.2 Å². The zero-order valence-electron chi connectivity index (χ0n) is 13.7. The molecule has 0 aliphatic heterocycles. The van der Waals surface area contributed by atoms with E-state index in [1.807, 2.05) is 19.1 Å². The minimum absolute atomic E-state index is 0.181. The number of sulfonamides is 1. The summed E-state index contributed by atoms with van der Waals surface area (Å²) in [6.07, 6.45) is 3.48. The molecule has 0 heterocycles. The Balaban J connectivity index is 2.34. The van der Waals surface area contributed by atoms with Crippen molar-refractivity contribution in [2.45, 2.75) is 17.9 Å². The normalized spacial score (nSPS) is 12.4. The first-order valence-corrected chi connectivity index (χ1v) is 9.11. The molecular formula is C19H22N2O2S. The summed E-state index contributed by atoms with van der Waals surface area (Å²) < 4.78 is 27.9. The van der Waals surface area contributed by atoms with Gasteiger partial charge in [0.15, 0.2) is 0 Å². The number of benzene rings is 2. The van der Waals surface area contributed by atoms with Gasteiger partial charge < -0.3 is 5.32 Å². The van der Waals surface area contributed by atoms with Gasteiger partial charge in [0.05, 0.1) is 16.6 Å². The van der Waals surface area contributed by atoms with Crippen molar-refractivity contribution in [3.8, 4) is 0 Å². The van der Waals surface area contributed by atoms with Gasteiger partial charge in [0, 0.05) is 6.54 Å². The Kier molecular flexibility index (Phi) is 5.95. The van der Waals surface area contributed by atoms with Gasteiger partial charge in [0.25, 0.3) is 10.0 Å². The van der Waals surface area contributed by atoms with Gasteiger partial charge in [-0.25, -0.2) is 8.42 Å². The molecule has 0 aliphatic carbocycles. The molecule has 24 heavy (non-hydrogen) atoms. The third-order valence-electron chi connectivity index (χ3n) is 3.59. The fourth-order valence-corrected chi connectivity index (χ4v) is 3.40. The Morgan fingerprint density at radius 1 is 1.08 bits per heavy atom. The Hall–Kier alpha value is -2.37. The van der Waals surface area contributed by atoms with Gasteiger partial charge in [0.2, 0.25) is 0 Å². The summed E-state index contributed by atoms with van der Waals surface area (Å²) in [6.45, 7) is 10.0. The second kappa shape index (κ2) is 7.95. The molecule has 0 bridgehead atoms. The fraction of sp³-hybridized carbons (Fsp3) is 0.158. The lowest BCUT2D eigenvalue weighted by Crippen LogP contribution is -2.22. The van der Waals surface area contributed by atoms with Crippen LogP contribution in [0.25, 0.3) is 0 Å². The van der Waals surface area contributed by atoms with Crippen LogP contribution in [0, 0.1) is 6.92 Å². The van der Waals surface area contributed by atoms with Crippen molar-refractivity contribution in [3.63, 3.8) is 0 Å². The maximum atomic E-state index is 12.6. The van der Waals surface area contributed by atoms with Crippen LogP contribution in [-0.2, 0) is 10.0 Å². The first-order valence-electron chi connectivity index (χ1n) is 7.63. The number of nitrogens with one attached hydrogen (secondary N) is 2. The van der Waals surface area contributed by atoms with E-state index >= 15 is 0 Å². The van der Waals surface area contributed by atoms with Crippen LogP contribution in [-0.4, -0.2) is 15.0 Å². The van der Waals surface area contributed by atoms with Crippen LogP contribution in [0.4, 0.5) is 5.69 Å². The van der Waals surface area contributed by atoms with Crippen LogP contribution >= 0.6 is 0 Å². The molecule has 0 radical (unpaired) electrons. The molecule has 0 saturated carbocycles. The standard InChI is InChI=1S/C19H22N2O2S/c1-4-14-20-18(5-2)17-8-6-7-9-19(17)21-24(22,23)16-12-10-15(3)11-13-16/h4-13,18,20-21H,1-2,14H2,3H3/t18-/m0/s1. The Morgan fingerprint density at radius 2 is 1.75 bits per heavy atom. The average Bonchev–Trinajstić information content (AvgIpc) is 2.57. The molecule has 1 atom stereocenters. The zero-order valence-corrected chi connectivity index (χ0v) is 14.5. The minimum atomic E-state index is -3.65. The van der Waals surface area contributed by atoms with Crippen LogP contribution in [0.15, 0.2) is 78.7 Å². The highest BCUT2D eigenvalue weighted by molar-refractivity contribution is 7.92. The van der Waals surface area contributed by atoms with Gasteiger partial charge in [-0.1, -0.05) is 48.0 Å². The maximum absolute atomic E-state index is 12.6. The number of hydrogen-bond donors (Lipinski definition) is 2. The SMILES string of the molecule is C=CCN[C@@H](C=C)c1ccccc1NS(=O)(=O)c1ccc(C)cc1. The van der Waals surface area contributed by atoms with Gasteiger partial charge in [-0.3, -0.25) is 4.72 Å². The molecule has 126 valence electrons. The Bertz CT molecular complexity index is 812. The van der Waals surface area contributed by atoms with Crippen molar-refractivity contribution in [3.05, 3.63) is 85.0 Å². The molecular weight excluding hydrogens is 320 g/mol. The topological polar surface area (TPSA) is 58.2 Å². The molecule has 2 aromatic rings. The number of para-hydroxylation sites is 1. The van der Waals surface area contributed by atoms with Crippen molar-refractivity contribution in [2.75, 3.05) is 11.3 Å². The van der Waals surface area contributed by atoms with Crippen LogP contribution < -0.4 is 10.0 Å². The molecule has 0 unspecified atom stereocenters. The van der Waals surface area contributed by atoms with Gasteiger partial charge in [0.1, 0.15) is 0 Å². The van der Waals surface area contributed by atoms with Gasteiger partial charge >= 0.3 is 0 Å². The predicted molar refractivity (Wildman–Crippen MR) is 99.6 cm³/mol. The summed E-state index contributed by atoms with van der Waals surface area (Å²) in [5.41, 5.74) is 2.35. The highest BCUT2D eigenvalue weighted by atomic mass is 32.2. The Morgan fingerprint density at radius 3 is 2.38 bits per heavy atom. The summed E-state index contributed by atoms with van der Waals surface area (Å²) >= 11 is 0. The first kappa shape index (κ1) is 18.0. The van der Waals surface area contributed by atoms with E-state index in [-0.39, 0.29) is 10.9 Å². The lowest BCUT2D eigenvalue weighted by Gasteiger charge is -2.19. The van der Waals surface area contributed by atoms with E-state index in [1.165, 1.54) is 0 Å². The summed E-state index contributed by atoms with van der Waals surface area (Å²) in [5.74, 6) is 0. The van der Waals surface area contributed by atoms with Crippen LogP contribution in [0.3, 0.4) is 0 Å². The van der Waals surface area contributed by atoms with Crippen LogP contribution in [0.5, 0.6) is 0 Å². The predicted octanol–water partition coefficient (Wildman–Crippen LogP) is 3.80. The average molecular weight is 342 g/mol. The molecule has 2 aromatic carbocycles. The molecule has 5 heteroatoms. The van der Waals surface area contributed by atoms with Crippen molar-refractivity contribution in [1.29, 1.82) is 0 Å². The fourth-order valence-electron chi connectivity index (χ4n) is 2.31. The van der Waals surface area contributed by atoms with Crippen LogP contribution in [0.2, 0.25) is 0 Å². The maximum Gasteiger partial charge on any atom is 0.261 e. The van der Waals surface area contributed by atoms with E-state index in [2.05, 4.69) is 23.2 Å². The van der Waals surface area contributed by atoms with Gasteiger partial charge in [-0.15, -0.1) is 13.2 Å². The van der Waals surface area contributed by atoms with Crippen molar-refractivity contribution < 1.29 is 8.42 Å². The molecule has 0 aliphatic rings. The van der Waals surface area contributed by atoms with Gasteiger partial charge in [-0.05, 0) is 30.7 Å². The van der Waals surface area contributed by atoms with E-state index < -0.39 is 10.0 Å². The summed E-state index contributed by atoms with van der Waals surface area (Å²) in [7, 11) is -3.65. The molecule has 2 N–H and O–H groups in total. The van der Waals surface area contributed by atoms with Crippen molar-refractivity contribution in [2.24, 2.45) is 0 Å². The zero-order chi connectivity index (χ0) is 17.6. The minimum Gasteiger partial charge on any atom is -0.303 e. The monoisotopic (exact) mass is 342 g/mol. The number of hydrogen-bond acceptors (Lipinski definition) is 3. The number of rotatable bonds is 8.